The third kappa shape index (κ3) is 3.70. The normalized spacial score (nSPS) is 15.4. The number of hydrogen-bond acceptors (Lipinski definition) is 4. The Kier molecular flexibility index (Phi) is 4.89. The van der Waals surface area contributed by atoms with Crippen LogP contribution in [0.5, 0.6) is 0 Å². The smallest absolute Gasteiger partial charge is 0.258 e. The summed E-state index contributed by atoms with van der Waals surface area (Å²) in [6, 6.07) is 11.6. The summed E-state index contributed by atoms with van der Waals surface area (Å²) in [7, 11) is 0. The number of rotatable bonds is 3. The van der Waals surface area contributed by atoms with Crippen LogP contribution in [0.1, 0.15) is 16.8 Å². The molecule has 6 heteroatoms. The van der Waals surface area contributed by atoms with Gasteiger partial charge in [-0.25, -0.2) is 4.98 Å². The number of aromatic nitrogens is 2. The minimum absolute atomic E-state index is 0.0912. The predicted molar refractivity (Wildman–Crippen MR) is 110 cm³/mol. The van der Waals surface area contributed by atoms with Crippen LogP contribution in [0.15, 0.2) is 47.4 Å². The maximum absolute atomic E-state index is 12.3. The van der Waals surface area contributed by atoms with E-state index in [0.29, 0.717) is 17.2 Å². The van der Waals surface area contributed by atoms with Crippen LogP contribution in [0.4, 0.5) is 5.69 Å². The van der Waals surface area contributed by atoms with Crippen LogP contribution in [0.25, 0.3) is 5.65 Å². The van der Waals surface area contributed by atoms with Crippen molar-refractivity contribution in [2.75, 3.05) is 31.1 Å². The van der Waals surface area contributed by atoms with Crippen LogP contribution in [0.2, 0.25) is 5.02 Å². The number of pyridine rings is 1. The highest BCUT2D eigenvalue weighted by Crippen LogP contribution is 2.24. The fourth-order valence-corrected chi connectivity index (χ4v) is 3.82. The maximum atomic E-state index is 12.3. The number of nitrogens with zero attached hydrogens (tertiary/aromatic N) is 4. The van der Waals surface area contributed by atoms with E-state index in [1.807, 2.05) is 0 Å². The van der Waals surface area contributed by atoms with Crippen LogP contribution in [0.3, 0.4) is 0 Å². The summed E-state index contributed by atoms with van der Waals surface area (Å²) in [5, 5.41) is 0.529. The lowest BCUT2D eigenvalue weighted by molar-refractivity contribution is 0.247. The Bertz CT molecular complexity index is 1040. The second-order valence-electron chi connectivity index (χ2n) is 7.14. The molecule has 0 bridgehead atoms. The van der Waals surface area contributed by atoms with Crippen LogP contribution >= 0.6 is 11.6 Å². The van der Waals surface area contributed by atoms with Gasteiger partial charge in [-0.1, -0.05) is 23.7 Å². The molecule has 5 nitrogen and oxygen atoms in total. The summed E-state index contributed by atoms with van der Waals surface area (Å²) < 4.78 is 1.49. The molecule has 0 saturated carbocycles. The first-order valence-electron chi connectivity index (χ1n) is 9.22. The molecule has 1 aliphatic heterocycles. The fraction of sp³-hybridized carbons (Fsp3) is 0.333. The number of fused-ring (bicyclic) bond motifs is 1. The third-order valence-corrected chi connectivity index (χ3v) is 5.57. The molecular formula is C21H23ClN4O. The molecule has 0 radical (unpaired) electrons. The Labute approximate surface area is 163 Å². The molecule has 0 atom stereocenters. The largest absolute Gasteiger partial charge is 0.369 e. The molecule has 1 aromatic carbocycles. The van der Waals surface area contributed by atoms with E-state index in [1.165, 1.54) is 21.2 Å². The molecule has 0 N–H and O–H groups in total. The number of halogens is 1. The van der Waals surface area contributed by atoms with Crippen molar-refractivity contribution in [2.24, 2.45) is 0 Å². The second kappa shape index (κ2) is 7.33. The van der Waals surface area contributed by atoms with Crippen LogP contribution in [-0.4, -0.2) is 40.5 Å². The van der Waals surface area contributed by atoms with Crippen molar-refractivity contribution in [3.05, 3.63) is 74.8 Å². The van der Waals surface area contributed by atoms with E-state index in [2.05, 4.69) is 46.8 Å². The average Bonchev–Trinajstić information content (AvgIpc) is 2.65. The van der Waals surface area contributed by atoms with Gasteiger partial charge in [0.2, 0.25) is 0 Å². The molecule has 0 amide bonds. The Hall–Kier alpha value is -2.37. The Balaban J connectivity index is 1.46. The van der Waals surface area contributed by atoms with Gasteiger partial charge < -0.3 is 4.90 Å². The first kappa shape index (κ1) is 18.0. The van der Waals surface area contributed by atoms with Crippen molar-refractivity contribution in [3.63, 3.8) is 0 Å². The van der Waals surface area contributed by atoms with Gasteiger partial charge in [0.25, 0.3) is 5.56 Å². The summed E-state index contributed by atoms with van der Waals surface area (Å²) in [6.07, 6.45) is 1.61. The van der Waals surface area contributed by atoms with Gasteiger partial charge in [0.1, 0.15) is 5.65 Å². The van der Waals surface area contributed by atoms with Crippen LogP contribution in [0, 0.1) is 13.8 Å². The molecular weight excluding hydrogens is 360 g/mol. The van der Waals surface area contributed by atoms with Gasteiger partial charge in [0, 0.05) is 50.7 Å². The number of aryl methyl sites for hydroxylation is 1. The summed E-state index contributed by atoms with van der Waals surface area (Å²) in [4.78, 5) is 21.8. The lowest BCUT2D eigenvalue weighted by Gasteiger charge is -2.36. The van der Waals surface area contributed by atoms with E-state index in [1.54, 1.807) is 24.4 Å². The van der Waals surface area contributed by atoms with Gasteiger partial charge in [0.15, 0.2) is 0 Å². The Morgan fingerprint density at radius 3 is 2.63 bits per heavy atom. The molecule has 0 aliphatic carbocycles. The highest BCUT2D eigenvalue weighted by atomic mass is 35.5. The van der Waals surface area contributed by atoms with E-state index in [4.69, 9.17) is 11.6 Å². The summed E-state index contributed by atoms with van der Waals surface area (Å²) in [6.45, 7) is 8.90. The molecule has 0 spiro atoms. The van der Waals surface area contributed by atoms with Crippen molar-refractivity contribution in [2.45, 2.75) is 20.4 Å². The topological polar surface area (TPSA) is 40.9 Å². The fourth-order valence-electron chi connectivity index (χ4n) is 3.66. The lowest BCUT2D eigenvalue weighted by Crippen LogP contribution is -2.46. The molecule has 1 aliphatic rings. The van der Waals surface area contributed by atoms with E-state index < -0.39 is 0 Å². The monoisotopic (exact) mass is 382 g/mol. The highest BCUT2D eigenvalue weighted by molar-refractivity contribution is 6.30. The van der Waals surface area contributed by atoms with Gasteiger partial charge in [-0.05, 0) is 43.2 Å². The van der Waals surface area contributed by atoms with Gasteiger partial charge in [-0.2, -0.15) is 0 Å². The Morgan fingerprint density at radius 2 is 1.85 bits per heavy atom. The van der Waals surface area contributed by atoms with Crippen molar-refractivity contribution in [1.29, 1.82) is 0 Å². The SMILES string of the molecule is Cc1cccc(N2CCN(Cc3cc(=O)n4cc(Cl)ccc4n3)CC2)c1C. The molecule has 1 fully saturated rings. The quantitative estimate of drug-likeness (QED) is 0.697. The summed E-state index contributed by atoms with van der Waals surface area (Å²) >= 11 is 5.97. The van der Waals surface area contributed by atoms with Crippen molar-refractivity contribution < 1.29 is 0 Å². The first-order valence-corrected chi connectivity index (χ1v) is 9.60. The van der Waals surface area contributed by atoms with E-state index in [9.17, 15) is 4.79 Å². The number of anilines is 1. The zero-order valence-electron chi connectivity index (χ0n) is 15.7. The molecule has 3 heterocycles. The summed E-state index contributed by atoms with van der Waals surface area (Å²) in [5.74, 6) is 0. The van der Waals surface area contributed by atoms with Crippen LogP contribution < -0.4 is 10.5 Å². The maximum Gasteiger partial charge on any atom is 0.258 e. The number of benzene rings is 1. The molecule has 3 aromatic rings. The molecule has 27 heavy (non-hydrogen) atoms. The minimum atomic E-state index is -0.0912. The highest BCUT2D eigenvalue weighted by Gasteiger charge is 2.19. The molecule has 140 valence electrons. The van der Waals surface area contributed by atoms with Crippen molar-refractivity contribution >= 4 is 22.9 Å². The molecule has 4 rings (SSSR count). The second-order valence-corrected chi connectivity index (χ2v) is 7.58. The van der Waals surface area contributed by atoms with Gasteiger partial charge in [-0.3, -0.25) is 14.1 Å². The molecule has 1 saturated heterocycles. The lowest BCUT2D eigenvalue weighted by atomic mass is 10.1. The van der Waals surface area contributed by atoms with Crippen LogP contribution in [-0.2, 0) is 6.54 Å². The van der Waals surface area contributed by atoms with Crippen molar-refractivity contribution in [3.8, 4) is 0 Å². The minimum Gasteiger partial charge on any atom is -0.369 e. The van der Waals surface area contributed by atoms with Gasteiger partial charge in [0.05, 0.1) is 10.7 Å². The molecule has 0 unspecified atom stereocenters. The Morgan fingerprint density at radius 1 is 1.07 bits per heavy atom. The zero-order chi connectivity index (χ0) is 19.0. The van der Waals surface area contributed by atoms with Gasteiger partial charge in [-0.15, -0.1) is 0 Å². The first-order chi connectivity index (χ1) is 13.0. The van der Waals surface area contributed by atoms with Crippen molar-refractivity contribution in [1.82, 2.24) is 14.3 Å². The number of hydrogen-bond donors (Lipinski definition) is 0. The zero-order valence-corrected chi connectivity index (χ0v) is 16.4. The predicted octanol–water partition coefficient (Wildman–Crippen LogP) is 3.29. The van der Waals surface area contributed by atoms with E-state index in [0.717, 1.165) is 31.9 Å². The standard InChI is InChI=1S/C21H23ClN4O/c1-15-4-3-5-19(16(15)2)25-10-8-24(9-11-25)14-18-12-21(27)26-13-17(22)6-7-20(26)23-18/h3-7,12-13H,8-11,14H2,1-2H3. The summed E-state index contributed by atoms with van der Waals surface area (Å²) in [5.41, 5.74) is 5.36. The average molecular weight is 383 g/mol. The number of piperazine rings is 1. The molecule has 2 aromatic heterocycles. The van der Waals surface area contributed by atoms with E-state index >= 15 is 0 Å². The van der Waals surface area contributed by atoms with Gasteiger partial charge >= 0.3 is 0 Å². The van der Waals surface area contributed by atoms with E-state index in [-0.39, 0.29) is 5.56 Å². The third-order valence-electron chi connectivity index (χ3n) is 5.35.